The Morgan fingerprint density at radius 1 is 1.38 bits per heavy atom. The van der Waals surface area contributed by atoms with Gasteiger partial charge in [-0.25, -0.2) is 0 Å². The van der Waals surface area contributed by atoms with Crippen LogP contribution >= 0.6 is 8.73 Å². The van der Waals surface area contributed by atoms with E-state index in [-0.39, 0.29) is 6.54 Å². The second-order valence-corrected chi connectivity index (χ2v) is 4.56. The summed E-state index contributed by atoms with van der Waals surface area (Å²) >= 11 is 0. The van der Waals surface area contributed by atoms with Crippen LogP contribution in [0.25, 0.3) is 0 Å². The summed E-state index contributed by atoms with van der Waals surface area (Å²) in [4.78, 5) is 0. The van der Waals surface area contributed by atoms with Crippen LogP contribution < -0.4 is 0 Å². The number of halogens is 3. The molecule has 0 aromatic carbocycles. The Bertz CT molecular complexity index is 156. The number of hydrogen-bond donors (Lipinski definition) is 0. The fourth-order valence-electron chi connectivity index (χ4n) is 1.17. The average Bonchev–Trinajstić information content (AvgIpc) is 2.79. The summed E-state index contributed by atoms with van der Waals surface area (Å²) in [5.41, 5.74) is 0. The number of hydrogen-bond acceptors (Lipinski definition) is 1. The molecule has 0 radical (unpaired) electrons. The van der Waals surface area contributed by atoms with Crippen LogP contribution in [0.1, 0.15) is 19.3 Å². The summed E-state index contributed by atoms with van der Waals surface area (Å²) in [6, 6.07) is 0. The lowest BCUT2D eigenvalue weighted by Crippen LogP contribution is -2.23. The lowest BCUT2D eigenvalue weighted by molar-refractivity contribution is -0.135. The first-order valence-corrected chi connectivity index (χ1v) is 5.95. The summed E-state index contributed by atoms with van der Waals surface area (Å²) in [5, 5.41) is 0. The summed E-state index contributed by atoms with van der Waals surface area (Å²) in [5.74, 6) is 0.681. The lowest BCUT2D eigenvalue weighted by Gasteiger charge is -2.20. The molecule has 5 heteroatoms. The molecule has 0 aliphatic heterocycles. The average molecular weight is 213 g/mol. The smallest absolute Gasteiger partial charge is 0.284 e. The first kappa shape index (κ1) is 11.3. The zero-order valence-corrected chi connectivity index (χ0v) is 8.69. The van der Waals surface area contributed by atoms with E-state index < -0.39 is 12.6 Å². The molecule has 0 aromatic heterocycles. The van der Waals surface area contributed by atoms with E-state index in [2.05, 4.69) is 0 Å². The molecule has 1 aliphatic carbocycles. The van der Waals surface area contributed by atoms with Gasteiger partial charge < -0.3 is 0 Å². The molecule has 0 N–H and O–H groups in total. The molecule has 0 saturated heterocycles. The maximum absolute atomic E-state index is 11.9. The predicted octanol–water partition coefficient (Wildman–Crippen LogP) is 2.87. The highest BCUT2D eigenvalue weighted by molar-refractivity contribution is 7.34. The third-order valence-electron chi connectivity index (χ3n) is 2.16. The molecule has 0 bridgehead atoms. The zero-order valence-electron chi connectivity index (χ0n) is 7.69. The normalized spacial score (nSPS) is 19.2. The van der Waals surface area contributed by atoms with Crippen LogP contribution in [-0.2, 0) is 0 Å². The van der Waals surface area contributed by atoms with Gasteiger partial charge in [-0.15, -0.1) is 0 Å². The lowest BCUT2D eigenvalue weighted by atomic mass is 10.4. The predicted molar refractivity (Wildman–Crippen MR) is 49.2 cm³/mol. The third-order valence-corrected chi connectivity index (χ3v) is 3.20. The SMILES string of the molecule is CPN(CCC(F)(F)F)CC1CC1. The van der Waals surface area contributed by atoms with Crippen molar-refractivity contribution >= 4 is 8.73 Å². The summed E-state index contributed by atoms with van der Waals surface area (Å²) < 4.78 is 37.6. The van der Waals surface area contributed by atoms with E-state index in [4.69, 9.17) is 0 Å². The summed E-state index contributed by atoms with van der Waals surface area (Å²) in [6.07, 6.45) is -2.26. The molecule has 1 aliphatic rings. The Balaban J connectivity index is 2.14. The van der Waals surface area contributed by atoms with Crippen LogP contribution in [0.4, 0.5) is 13.2 Å². The highest BCUT2D eigenvalue weighted by Crippen LogP contribution is 2.33. The molecular formula is C8H15F3NP. The first-order chi connectivity index (χ1) is 6.01. The molecule has 1 saturated carbocycles. The molecule has 1 atom stereocenters. The Labute approximate surface area is 78.5 Å². The monoisotopic (exact) mass is 213 g/mol. The first-order valence-electron chi connectivity index (χ1n) is 4.50. The standard InChI is InChI=1S/C8H15F3NP/c1-13-12(6-7-2-3-7)5-4-8(9,10)11/h7,13H,2-6H2,1H3. The zero-order chi connectivity index (χ0) is 9.90. The van der Waals surface area contributed by atoms with E-state index in [9.17, 15) is 13.2 Å². The van der Waals surface area contributed by atoms with Crippen molar-refractivity contribution in [3.63, 3.8) is 0 Å². The second-order valence-electron chi connectivity index (χ2n) is 3.48. The molecule has 78 valence electrons. The van der Waals surface area contributed by atoms with Crippen molar-refractivity contribution < 1.29 is 13.2 Å². The van der Waals surface area contributed by atoms with Crippen molar-refractivity contribution in [1.29, 1.82) is 0 Å². The Morgan fingerprint density at radius 2 is 2.00 bits per heavy atom. The van der Waals surface area contributed by atoms with Crippen molar-refractivity contribution in [2.24, 2.45) is 5.92 Å². The highest BCUT2D eigenvalue weighted by Gasteiger charge is 2.29. The minimum absolute atomic E-state index is 0.176. The topological polar surface area (TPSA) is 3.24 Å². The van der Waals surface area contributed by atoms with Crippen LogP contribution in [0.3, 0.4) is 0 Å². The molecule has 0 spiro atoms. The van der Waals surface area contributed by atoms with Crippen LogP contribution in [0, 0.1) is 5.92 Å². The third kappa shape index (κ3) is 5.48. The van der Waals surface area contributed by atoms with Gasteiger partial charge in [0, 0.05) is 13.1 Å². The van der Waals surface area contributed by atoms with E-state index >= 15 is 0 Å². The van der Waals surface area contributed by atoms with Gasteiger partial charge in [0.2, 0.25) is 0 Å². The van der Waals surface area contributed by atoms with Gasteiger partial charge in [0.1, 0.15) is 0 Å². The van der Waals surface area contributed by atoms with Crippen LogP contribution in [0.15, 0.2) is 0 Å². The van der Waals surface area contributed by atoms with Gasteiger partial charge in [-0.3, -0.25) is 4.67 Å². The molecule has 1 nitrogen and oxygen atoms in total. The minimum Gasteiger partial charge on any atom is -0.284 e. The van der Waals surface area contributed by atoms with Crippen molar-refractivity contribution in [1.82, 2.24) is 4.67 Å². The number of nitrogens with zero attached hydrogens (tertiary/aromatic N) is 1. The second kappa shape index (κ2) is 4.61. The maximum Gasteiger partial charge on any atom is 0.390 e. The van der Waals surface area contributed by atoms with E-state index in [0.717, 1.165) is 6.54 Å². The Morgan fingerprint density at radius 3 is 2.38 bits per heavy atom. The van der Waals surface area contributed by atoms with Gasteiger partial charge in [0.15, 0.2) is 0 Å². The number of alkyl halides is 3. The number of rotatable bonds is 5. The minimum atomic E-state index is -4.00. The fraction of sp³-hybridized carbons (Fsp3) is 1.00. The molecule has 0 aromatic rings. The van der Waals surface area contributed by atoms with Gasteiger partial charge in [0.05, 0.1) is 6.42 Å². The highest BCUT2D eigenvalue weighted by atomic mass is 31.1. The van der Waals surface area contributed by atoms with Crippen LogP contribution in [0.5, 0.6) is 0 Å². The van der Waals surface area contributed by atoms with Crippen molar-refractivity contribution in [3.05, 3.63) is 0 Å². The van der Waals surface area contributed by atoms with Gasteiger partial charge in [-0.1, -0.05) is 8.73 Å². The molecule has 0 heterocycles. The van der Waals surface area contributed by atoms with E-state index in [1.807, 2.05) is 11.3 Å². The fourth-order valence-corrected chi connectivity index (χ4v) is 1.94. The van der Waals surface area contributed by atoms with Crippen LogP contribution in [-0.4, -0.2) is 30.6 Å². The molecule has 1 rings (SSSR count). The molecule has 13 heavy (non-hydrogen) atoms. The maximum atomic E-state index is 11.9. The van der Waals surface area contributed by atoms with Gasteiger partial charge >= 0.3 is 6.18 Å². The van der Waals surface area contributed by atoms with Gasteiger partial charge in [-0.05, 0) is 25.4 Å². The molecule has 0 amide bonds. The van der Waals surface area contributed by atoms with E-state index in [1.54, 1.807) is 0 Å². The largest absolute Gasteiger partial charge is 0.390 e. The molecular weight excluding hydrogens is 198 g/mol. The van der Waals surface area contributed by atoms with E-state index in [1.165, 1.54) is 12.8 Å². The van der Waals surface area contributed by atoms with Gasteiger partial charge in [0.25, 0.3) is 0 Å². The molecule has 1 unspecified atom stereocenters. The van der Waals surface area contributed by atoms with Crippen molar-refractivity contribution in [2.45, 2.75) is 25.4 Å². The van der Waals surface area contributed by atoms with Crippen LogP contribution in [0.2, 0.25) is 0 Å². The van der Waals surface area contributed by atoms with Crippen molar-refractivity contribution in [2.75, 3.05) is 19.8 Å². The van der Waals surface area contributed by atoms with Gasteiger partial charge in [-0.2, -0.15) is 13.2 Å². The summed E-state index contributed by atoms with van der Waals surface area (Å²) in [6.45, 7) is 2.98. The quantitative estimate of drug-likeness (QED) is 0.635. The summed E-state index contributed by atoms with van der Waals surface area (Å²) in [7, 11) is 0.501. The van der Waals surface area contributed by atoms with E-state index in [0.29, 0.717) is 14.6 Å². The molecule has 1 fully saturated rings. The Kier molecular flexibility index (Phi) is 3.99. The van der Waals surface area contributed by atoms with Crippen molar-refractivity contribution in [3.8, 4) is 0 Å². The Hall–Kier alpha value is 0.180.